The third-order valence-corrected chi connectivity index (χ3v) is 4.63. The Kier molecular flexibility index (Phi) is 7.00. The molecule has 2 aromatic rings. The number of aryl methyl sites for hydroxylation is 2. The topological polar surface area (TPSA) is 38.3 Å². The molecule has 0 aliphatic rings. The average Bonchev–Trinajstić information content (AvgIpc) is 2.52. The van der Waals surface area contributed by atoms with Gasteiger partial charge in [0.15, 0.2) is 6.10 Å². The summed E-state index contributed by atoms with van der Waals surface area (Å²) < 4.78 is 5.73. The summed E-state index contributed by atoms with van der Waals surface area (Å²) in [7, 11) is 0. The highest BCUT2D eigenvalue weighted by molar-refractivity contribution is 7.99. The van der Waals surface area contributed by atoms with Gasteiger partial charge in [0.2, 0.25) is 0 Å². The average molecular weight is 364 g/mol. The van der Waals surface area contributed by atoms with Crippen molar-refractivity contribution < 1.29 is 9.53 Å². The normalized spacial score (nSPS) is 11.8. The van der Waals surface area contributed by atoms with Gasteiger partial charge in [-0.15, -0.1) is 11.8 Å². The summed E-state index contributed by atoms with van der Waals surface area (Å²) in [5.74, 6) is 1.42. The van der Waals surface area contributed by atoms with Crippen molar-refractivity contribution in [3.63, 3.8) is 0 Å². The molecule has 0 aliphatic heterocycles. The monoisotopic (exact) mass is 363 g/mol. The highest BCUT2D eigenvalue weighted by atomic mass is 35.5. The lowest BCUT2D eigenvalue weighted by Gasteiger charge is -2.15. The van der Waals surface area contributed by atoms with Crippen LogP contribution in [0.2, 0.25) is 5.02 Å². The van der Waals surface area contributed by atoms with Crippen molar-refractivity contribution >= 4 is 29.3 Å². The zero-order valence-corrected chi connectivity index (χ0v) is 15.7. The second-order valence-corrected chi connectivity index (χ2v) is 7.28. The number of nitrogens with one attached hydrogen (secondary N) is 1. The van der Waals surface area contributed by atoms with Crippen LogP contribution in [0.1, 0.15) is 18.1 Å². The van der Waals surface area contributed by atoms with Crippen LogP contribution in [-0.2, 0) is 4.79 Å². The molecule has 0 aliphatic carbocycles. The first-order chi connectivity index (χ1) is 11.4. The summed E-state index contributed by atoms with van der Waals surface area (Å²) >= 11 is 7.53. The Hall–Kier alpha value is -1.65. The van der Waals surface area contributed by atoms with Crippen molar-refractivity contribution in [3.8, 4) is 5.75 Å². The second kappa shape index (κ2) is 9.00. The maximum Gasteiger partial charge on any atom is 0.260 e. The summed E-state index contributed by atoms with van der Waals surface area (Å²) in [6.07, 6.45) is -0.522. The Morgan fingerprint density at radius 2 is 1.79 bits per heavy atom. The Balaban J connectivity index is 1.74. The van der Waals surface area contributed by atoms with Crippen molar-refractivity contribution in [2.24, 2.45) is 0 Å². The largest absolute Gasteiger partial charge is 0.481 e. The maximum atomic E-state index is 12.1. The molecule has 0 bridgehead atoms. The van der Waals surface area contributed by atoms with Crippen molar-refractivity contribution in [3.05, 3.63) is 58.6 Å². The van der Waals surface area contributed by atoms with E-state index in [0.29, 0.717) is 6.54 Å². The molecule has 0 aromatic heterocycles. The summed E-state index contributed by atoms with van der Waals surface area (Å²) in [5, 5.41) is 3.63. The van der Waals surface area contributed by atoms with E-state index in [1.165, 1.54) is 0 Å². The van der Waals surface area contributed by atoms with Crippen LogP contribution in [0.5, 0.6) is 5.75 Å². The molecule has 24 heavy (non-hydrogen) atoms. The third-order valence-electron chi connectivity index (χ3n) is 3.36. The van der Waals surface area contributed by atoms with Crippen molar-refractivity contribution in [2.75, 3.05) is 12.3 Å². The Morgan fingerprint density at radius 3 is 2.42 bits per heavy atom. The van der Waals surface area contributed by atoms with Gasteiger partial charge in [0, 0.05) is 22.2 Å². The molecular formula is C19H22ClNO2S. The first-order valence-electron chi connectivity index (χ1n) is 7.85. The van der Waals surface area contributed by atoms with E-state index >= 15 is 0 Å². The summed E-state index contributed by atoms with van der Waals surface area (Å²) in [4.78, 5) is 13.2. The standard InChI is InChI=1S/C19H22ClNO2S/c1-13-10-14(2)12-17(11-13)23-15(3)19(22)21-8-9-24-18-6-4-16(20)5-7-18/h4-7,10-12,15H,8-9H2,1-3H3,(H,21,22)/t15-/m0/s1. The minimum absolute atomic E-state index is 0.106. The van der Waals surface area contributed by atoms with E-state index in [-0.39, 0.29) is 5.91 Å². The van der Waals surface area contributed by atoms with E-state index in [9.17, 15) is 4.79 Å². The van der Waals surface area contributed by atoms with Gasteiger partial charge >= 0.3 is 0 Å². The zero-order valence-electron chi connectivity index (χ0n) is 14.1. The fourth-order valence-corrected chi connectivity index (χ4v) is 3.17. The number of ether oxygens (including phenoxy) is 1. The van der Waals surface area contributed by atoms with Crippen LogP contribution in [0.4, 0.5) is 0 Å². The number of rotatable bonds is 7. The van der Waals surface area contributed by atoms with Crippen LogP contribution in [-0.4, -0.2) is 24.3 Å². The first-order valence-corrected chi connectivity index (χ1v) is 9.21. The lowest BCUT2D eigenvalue weighted by Crippen LogP contribution is -2.37. The molecule has 0 spiro atoms. The van der Waals surface area contributed by atoms with Gasteiger partial charge in [-0.1, -0.05) is 17.7 Å². The highest BCUT2D eigenvalue weighted by Gasteiger charge is 2.14. The smallest absolute Gasteiger partial charge is 0.260 e. The molecule has 128 valence electrons. The molecule has 0 unspecified atom stereocenters. The predicted octanol–water partition coefficient (Wildman–Crippen LogP) is 4.63. The molecule has 1 amide bonds. The van der Waals surface area contributed by atoms with Gasteiger partial charge in [-0.25, -0.2) is 0 Å². The lowest BCUT2D eigenvalue weighted by molar-refractivity contribution is -0.127. The zero-order chi connectivity index (χ0) is 17.5. The first kappa shape index (κ1) is 18.7. The number of carbonyl (C=O) groups is 1. The fraction of sp³-hybridized carbons (Fsp3) is 0.316. The molecule has 0 radical (unpaired) electrons. The summed E-state index contributed by atoms with van der Waals surface area (Å²) in [6.45, 7) is 6.38. The molecule has 2 aromatic carbocycles. The van der Waals surface area contributed by atoms with Gasteiger partial charge in [0.25, 0.3) is 5.91 Å². The number of amides is 1. The second-order valence-electron chi connectivity index (χ2n) is 5.68. The molecule has 0 saturated carbocycles. The number of benzene rings is 2. The van der Waals surface area contributed by atoms with Crippen LogP contribution < -0.4 is 10.1 Å². The van der Waals surface area contributed by atoms with Crippen molar-refractivity contribution in [1.82, 2.24) is 5.32 Å². The van der Waals surface area contributed by atoms with E-state index in [1.54, 1.807) is 18.7 Å². The van der Waals surface area contributed by atoms with Crippen LogP contribution in [0, 0.1) is 13.8 Å². The number of hydrogen-bond acceptors (Lipinski definition) is 3. The van der Waals surface area contributed by atoms with E-state index < -0.39 is 6.10 Å². The fourth-order valence-electron chi connectivity index (χ4n) is 2.28. The number of thioether (sulfide) groups is 1. The van der Waals surface area contributed by atoms with Gasteiger partial charge in [-0.3, -0.25) is 4.79 Å². The molecule has 2 rings (SSSR count). The van der Waals surface area contributed by atoms with E-state index in [4.69, 9.17) is 16.3 Å². The van der Waals surface area contributed by atoms with Crippen LogP contribution in [0.15, 0.2) is 47.4 Å². The molecule has 0 saturated heterocycles. The van der Waals surface area contributed by atoms with Crippen LogP contribution in [0.25, 0.3) is 0 Å². The Morgan fingerprint density at radius 1 is 1.17 bits per heavy atom. The SMILES string of the molecule is Cc1cc(C)cc(O[C@@H](C)C(=O)NCCSc2ccc(Cl)cc2)c1. The third kappa shape index (κ3) is 6.10. The van der Waals surface area contributed by atoms with Crippen molar-refractivity contribution in [2.45, 2.75) is 31.8 Å². The minimum atomic E-state index is -0.522. The molecule has 0 fully saturated rings. The van der Waals surface area contributed by atoms with E-state index in [0.717, 1.165) is 32.5 Å². The highest BCUT2D eigenvalue weighted by Crippen LogP contribution is 2.20. The van der Waals surface area contributed by atoms with E-state index in [1.807, 2.05) is 50.2 Å². The summed E-state index contributed by atoms with van der Waals surface area (Å²) in [6, 6.07) is 13.6. The molecule has 1 N–H and O–H groups in total. The molecule has 5 heteroatoms. The molecule has 0 heterocycles. The number of carbonyl (C=O) groups excluding carboxylic acids is 1. The Bertz CT molecular complexity index is 668. The molecule has 3 nitrogen and oxygen atoms in total. The number of halogens is 1. The van der Waals surface area contributed by atoms with Gasteiger partial charge in [0.05, 0.1) is 0 Å². The van der Waals surface area contributed by atoms with Gasteiger partial charge in [0.1, 0.15) is 5.75 Å². The van der Waals surface area contributed by atoms with Gasteiger partial charge in [-0.05, 0) is 68.3 Å². The van der Waals surface area contributed by atoms with Crippen LogP contribution >= 0.6 is 23.4 Å². The van der Waals surface area contributed by atoms with Gasteiger partial charge < -0.3 is 10.1 Å². The predicted molar refractivity (Wildman–Crippen MR) is 101 cm³/mol. The van der Waals surface area contributed by atoms with Crippen molar-refractivity contribution in [1.29, 1.82) is 0 Å². The van der Waals surface area contributed by atoms with Gasteiger partial charge in [-0.2, -0.15) is 0 Å². The molecular weight excluding hydrogens is 342 g/mol. The van der Waals surface area contributed by atoms with Crippen LogP contribution in [0.3, 0.4) is 0 Å². The van der Waals surface area contributed by atoms with E-state index in [2.05, 4.69) is 11.4 Å². The quantitative estimate of drug-likeness (QED) is 0.575. The Labute approximate surface area is 152 Å². The minimum Gasteiger partial charge on any atom is -0.481 e. The summed E-state index contributed by atoms with van der Waals surface area (Å²) in [5.41, 5.74) is 2.24. The molecule has 1 atom stereocenters. The number of hydrogen-bond donors (Lipinski definition) is 1. The lowest BCUT2D eigenvalue weighted by atomic mass is 10.1. The maximum absolute atomic E-state index is 12.1.